The molecule has 2 aromatic carbocycles. The summed E-state index contributed by atoms with van der Waals surface area (Å²) in [6.07, 6.45) is 0. The predicted molar refractivity (Wildman–Crippen MR) is 121 cm³/mol. The average molecular weight is 481 g/mol. The number of thiophene rings is 1. The van der Waals surface area contributed by atoms with Crippen LogP contribution in [0, 0.1) is 15.9 Å². The highest BCUT2D eigenvalue weighted by Gasteiger charge is 2.46. The second kappa shape index (κ2) is 7.87. The smallest absolute Gasteiger partial charge is 0.296 e. The number of nitro groups is 1. The van der Waals surface area contributed by atoms with Crippen LogP contribution in [0.4, 0.5) is 15.2 Å². The number of anilines is 1. The molecule has 3 heterocycles. The molecule has 1 atom stereocenters. The SMILES string of the molecule is O=C(C1=C(O)C(=O)N(c2nc3ccc(F)cc3s2)C1c1ccc([N+](=O)[O-])cc1)c1cccs1. The van der Waals surface area contributed by atoms with E-state index in [-0.39, 0.29) is 16.4 Å². The molecule has 0 saturated heterocycles. The number of non-ortho nitro benzene ring substituents is 1. The van der Waals surface area contributed by atoms with E-state index in [9.17, 15) is 29.2 Å². The first-order valence-corrected chi connectivity index (χ1v) is 11.2. The first kappa shape index (κ1) is 20.9. The van der Waals surface area contributed by atoms with E-state index in [0.29, 0.717) is 20.7 Å². The molecule has 0 bridgehead atoms. The van der Waals surface area contributed by atoms with Gasteiger partial charge in [0.2, 0.25) is 5.78 Å². The number of aliphatic hydroxyl groups is 1. The number of ketones is 1. The number of thiazole rings is 1. The lowest BCUT2D eigenvalue weighted by atomic mass is 9.95. The van der Waals surface area contributed by atoms with Crippen LogP contribution in [-0.2, 0) is 4.79 Å². The van der Waals surface area contributed by atoms with E-state index < -0.39 is 34.2 Å². The van der Waals surface area contributed by atoms with Crippen molar-refractivity contribution in [2.24, 2.45) is 0 Å². The molecule has 8 nitrogen and oxygen atoms in total. The van der Waals surface area contributed by atoms with Crippen molar-refractivity contribution in [2.75, 3.05) is 4.90 Å². The Balaban J connectivity index is 1.67. The Morgan fingerprint density at radius 1 is 1.18 bits per heavy atom. The van der Waals surface area contributed by atoms with Crippen LogP contribution in [0.15, 0.2) is 71.3 Å². The van der Waals surface area contributed by atoms with E-state index in [1.54, 1.807) is 17.5 Å². The van der Waals surface area contributed by atoms with Crippen LogP contribution >= 0.6 is 22.7 Å². The molecule has 1 amide bonds. The third kappa shape index (κ3) is 3.47. The zero-order chi connectivity index (χ0) is 23.3. The molecule has 0 saturated carbocycles. The van der Waals surface area contributed by atoms with Crippen LogP contribution in [0.1, 0.15) is 21.3 Å². The fraction of sp³-hybridized carbons (Fsp3) is 0.0455. The van der Waals surface area contributed by atoms with Crippen molar-refractivity contribution in [1.29, 1.82) is 0 Å². The van der Waals surface area contributed by atoms with Gasteiger partial charge in [-0.1, -0.05) is 17.4 Å². The Bertz CT molecular complexity index is 1460. The largest absolute Gasteiger partial charge is 0.503 e. The minimum atomic E-state index is -1.07. The lowest BCUT2D eigenvalue weighted by Crippen LogP contribution is -2.30. The second-order valence-electron chi connectivity index (χ2n) is 7.10. The average Bonchev–Trinajstić information content (AvgIpc) is 3.52. The Kier molecular flexibility index (Phi) is 4.99. The summed E-state index contributed by atoms with van der Waals surface area (Å²) < 4.78 is 14.2. The first-order valence-electron chi connectivity index (χ1n) is 9.50. The third-order valence-corrected chi connectivity index (χ3v) is 7.05. The van der Waals surface area contributed by atoms with Gasteiger partial charge in [0.1, 0.15) is 5.82 Å². The molecule has 0 fully saturated rings. The molecule has 2 aromatic heterocycles. The maximum Gasteiger partial charge on any atom is 0.296 e. The molecular weight excluding hydrogens is 469 g/mol. The second-order valence-corrected chi connectivity index (χ2v) is 9.06. The van der Waals surface area contributed by atoms with Gasteiger partial charge in [0.25, 0.3) is 11.6 Å². The number of nitrogens with zero attached hydrogens (tertiary/aromatic N) is 3. The predicted octanol–water partition coefficient (Wildman–Crippen LogP) is 5.19. The molecule has 1 unspecified atom stereocenters. The van der Waals surface area contributed by atoms with Crippen molar-refractivity contribution < 1.29 is 24.0 Å². The van der Waals surface area contributed by atoms with Gasteiger partial charge in [-0.2, -0.15) is 0 Å². The summed E-state index contributed by atoms with van der Waals surface area (Å²) in [4.78, 5) is 42.8. The lowest BCUT2D eigenvalue weighted by Gasteiger charge is -2.24. The minimum absolute atomic E-state index is 0.151. The zero-order valence-electron chi connectivity index (χ0n) is 16.5. The van der Waals surface area contributed by atoms with E-state index >= 15 is 0 Å². The molecule has 1 aliphatic rings. The van der Waals surface area contributed by atoms with Gasteiger partial charge in [-0.25, -0.2) is 9.37 Å². The maximum atomic E-state index is 13.7. The van der Waals surface area contributed by atoms with Crippen molar-refractivity contribution in [3.05, 3.63) is 97.7 Å². The van der Waals surface area contributed by atoms with E-state index in [2.05, 4.69) is 4.98 Å². The van der Waals surface area contributed by atoms with Crippen molar-refractivity contribution in [3.63, 3.8) is 0 Å². The first-order chi connectivity index (χ1) is 15.8. The maximum absolute atomic E-state index is 13.7. The van der Waals surface area contributed by atoms with E-state index in [1.807, 2.05) is 0 Å². The summed E-state index contributed by atoms with van der Waals surface area (Å²) in [7, 11) is 0. The van der Waals surface area contributed by atoms with Crippen molar-refractivity contribution >= 4 is 55.4 Å². The number of carbonyl (C=O) groups excluding carboxylic acids is 2. The molecule has 0 aliphatic carbocycles. The molecule has 1 aliphatic heterocycles. The summed E-state index contributed by atoms with van der Waals surface area (Å²) in [6, 6.07) is 11.5. The van der Waals surface area contributed by atoms with Crippen LogP contribution in [0.3, 0.4) is 0 Å². The summed E-state index contributed by atoms with van der Waals surface area (Å²) in [6.45, 7) is 0. The number of rotatable bonds is 5. The molecule has 1 N–H and O–H groups in total. The standard InChI is InChI=1S/C22H12FN3O5S2/c23-12-5-8-14-16(10-12)33-22(24-14)25-18(11-3-6-13(7-4-11)26(30)31)17(20(28)21(25)29)19(27)15-2-1-9-32-15/h1-10,18,28H. The van der Waals surface area contributed by atoms with Crippen LogP contribution < -0.4 is 4.90 Å². The van der Waals surface area contributed by atoms with Gasteiger partial charge in [-0.3, -0.25) is 24.6 Å². The van der Waals surface area contributed by atoms with Crippen LogP contribution in [0.2, 0.25) is 0 Å². The van der Waals surface area contributed by atoms with Gasteiger partial charge < -0.3 is 5.11 Å². The topological polar surface area (TPSA) is 114 Å². The molecular formula is C22H12FN3O5S2. The number of fused-ring (bicyclic) bond motifs is 1. The molecule has 4 aromatic rings. The highest BCUT2D eigenvalue weighted by atomic mass is 32.1. The van der Waals surface area contributed by atoms with Crippen LogP contribution in [0.25, 0.3) is 10.2 Å². The fourth-order valence-corrected chi connectivity index (χ4v) is 5.35. The lowest BCUT2D eigenvalue weighted by molar-refractivity contribution is -0.384. The zero-order valence-corrected chi connectivity index (χ0v) is 18.1. The number of hydrogen-bond acceptors (Lipinski definition) is 8. The van der Waals surface area contributed by atoms with Gasteiger partial charge in [-0.15, -0.1) is 11.3 Å². The summed E-state index contributed by atoms with van der Waals surface area (Å²) in [5.74, 6) is -2.55. The number of amides is 1. The Morgan fingerprint density at radius 3 is 2.61 bits per heavy atom. The van der Waals surface area contributed by atoms with E-state index in [0.717, 1.165) is 22.7 Å². The van der Waals surface area contributed by atoms with Crippen LogP contribution in [-0.4, -0.2) is 26.7 Å². The number of aliphatic hydroxyl groups excluding tert-OH is 1. The molecule has 0 radical (unpaired) electrons. The van der Waals surface area contributed by atoms with Gasteiger partial charge in [0, 0.05) is 12.1 Å². The number of aromatic nitrogens is 1. The molecule has 33 heavy (non-hydrogen) atoms. The monoisotopic (exact) mass is 481 g/mol. The van der Waals surface area contributed by atoms with Gasteiger partial charge >= 0.3 is 0 Å². The van der Waals surface area contributed by atoms with Crippen molar-refractivity contribution in [1.82, 2.24) is 4.98 Å². The highest BCUT2D eigenvalue weighted by Crippen LogP contribution is 2.44. The van der Waals surface area contributed by atoms with E-state index in [4.69, 9.17) is 0 Å². The normalized spacial score (nSPS) is 16.1. The fourth-order valence-electron chi connectivity index (χ4n) is 3.66. The quantitative estimate of drug-likeness (QED) is 0.238. The molecule has 11 heteroatoms. The summed E-state index contributed by atoms with van der Waals surface area (Å²) in [5.41, 5.74) is 0.513. The van der Waals surface area contributed by atoms with Gasteiger partial charge in [0.05, 0.1) is 31.6 Å². The van der Waals surface area contributed by atoms with E-state index in [1.165, 1.54) is 47.4 Å². The number of halogens is 1. The number of nitro benzene ring substituents is 1. The molecule has 5 rings (SSSR count). The van der Waals surface area contributed by atoms with Gasteiger partial charge in [0.15, 0.2) is 10.9 Å². The van der Waals surface area contributed by atoms with Crippen LogP contribution in [0.5, 0.6) is 0 Å². The minimum Gasteiger partial charge on any atom is -0.503 e. The Morgan fingerprint density at radius 2 is 1.94 bits per heavy atom. The highest BCUT2D eigenvalue weighted by molar-refractivity contribution is 7.22. The van der Waals surface area contributed by atoms with Crippen molar-refractivity contribution in [3.8, 4) is 0 Å². The Labute approximate surface area is 193 Å². The Hall–Kier alpha value is -3.96. The third-order valence-electron chi connectivity index (χ3n) is 5.16. The molecule has 0 spiro atoms. The van der Waals surface area contributed by atoms with Gasteiger partial charge in [-0.05, 0) is 47.3 Å². The summed E-state index contributed by atoms with van der Waals surface area (Å²) >= 11 is 2.19. The molecule has 164 valence electrons. The van der Waals surface area contributed by atoms with Crippen molar-refractivity contribution in [2.45, 2.75) is 6.04 Å². The number of benzene rings is 2. The number of carbonyl (C=O) groups is 2. The number of hydrogen-bond donors (Lipinski definition) is 1. The summed E-state index contributed by atoms with van der Waals surface area (Å²) in [5, 5.41) is 23.7. The number of Topliss-reactive ketones (excluding diaryl/α,β-unsaturated/α-hetero) is 1.